The summed E-state index contributed by atoms with van der Waals surface area (Å²) in [7, 11) is 2.69. The minimum Gasteiger partial charge on any atom is -0.468 e. The van der Waals surface area contributed by atoms with E-state index in [1.54, 1.807) is 0 Å². The number of aryl methyl sites for hydroxylation is 1. The number of hydrogen-bond acceptors (Lipinski definition) is 4. The maximum absolute atomic E-state index is 12.7. The summed E-state index contributed by atoms with van der Waals surface area (Å²) in [5.74, 6) is -0.727. The van der Waals surface area contributed by atoms with Crippen LogP contribution < -0.4 is 0 Å². The molecule has 0 N–H and O–H groups in total. The SMILES string of the molecule is COC(=O)C1(C(=O)OC)CC2=Cc3cc(C)ccc3[C@H]3C=CC[C@@H]1[C@@H]23. The fourth-order valence-corrected chi connectivity index (χ4v) is 5.12. The highest BCUT2D eigenvalue weighted by Crippen LogP contribution is 2.61. The Morgan fingerprint density at radius 3 is 2.56 bits per heavy atom. The second-order valence-corrected chi connectivity index (χ2v) is 7.30. The monoisotopic (exact) mass is 338 g/mol. The smallest absolute Gasteiger partial charge is 0.323 e. The minimum absolute atomic E-state index is 0.122. The topological polar surface area (TPSA) is 52.6 Å². The molecular weight excluding hydrogens is 316 g/mol. The maximum Gasteiger partial charge on any atom is 0.323 e. The van der Waals surface area contributed by atoms with E-state index in [9.17, 15) is 9.59 Å². The number of esters is 2. The van der Waals surface area contributed by atoms with Crippen LogP contribution in [0.4, 0.5) is 0 Å². The summed E-state index contributed by atoms with van der Waals surface area (Å²) >= 11 is 0. The Morgan fingerprint density at radius 1 is 1.16 bits per heavy atom. The first-order chi connectivity index (χ1) is 12.0. The minimum atomic E-state index is -1.24. The van der Waals surface area contributed by atoms with Gasteiger partial charge in [0.2, 0.25) is 0 Å². The molecule has 130 valence electrons. The fourth-order valence-electron chi connectivity index (χ4n) is 5.12. The molecule has 25 heavy (non-hydrogen) atoms. The summed E-state index contributed by atoms with van der Waals surface area (Å²) < 4.78 is 10.1. The largest absolute Gasteiger partial charge is 0.468 e. The molecule has 0 saturated heterocycles. The van der Waals surface area contributed by atoms with Crippen LogP contribution in [0.2, 0.25) is 0 Å². The number of ether oxygens (including phenoxy) is 2. The van der Waals surface area contributed by atoms with Gasteiger partial charge in [-0.1, -0.05) is 47.6 Å². The summed E-state index contributed by atoms with van der Waals surface area (Å²) in [5.41, 5.74) is 3.59. The van der Waals surface area contributed by atoms with Crippen LogP contribution in [0.15, 0.2) is 35.9 Å². The van der Waals surface area contributed by atoms with Crippen LogP contribution in [0.5, 0.6) is 0 Å². The molecule has 0 bridgehead atoms. The first-order valence-corrected chi connectivity index (χ1v) is 8.67. The number of benzene rings is 1. The average Bonchev–Trinajstić information content (AvgIpc) is 2.97. The van der Waals surface area contributed by atoms with E-state index in [4.69, 9.17) is 9.47 Å². The molecule has 3 aliphatic carbocycles. The molecule has 4 nitrogen and oxygen atoms in total. The zero-order valence-electron chi connectivity index (χ0n) is 14.7. The van der Waals surface area contributed by atoms with Gasteiger partial charge in [-0.15, -0.1) is 0 Å². The Hall–Kier alpha value is -2.36. The Labute approximate surface area is 147 Å². The molecule has 1 aromatic rings. The van der Waals surface area contributed by atoms with E-state index in [1.807, 2.05) is 0 Å². The second kappa shape index (κ2) is 5.58. The first-order valence-electron chi connectivity index (χ1n) is 8.67. The Morgan fingerprint density at radius 2 is 1.88 bits per heavy atom. The van der Waals surface area contributed by atoms with Crippen molar-refractivity contribution in [1.82, 2.24) is 0 Å². The van der Waals surface area contributed by atoms with E-state index in [0.29, 0.717) is 12.8 Å². The number of rotatable bonds is 2. The lowest BCUT2D eigenvalue weighted by Gasteiger charge is -2.38. The highest BCUT2D eigenvalue weighted by molar-refractivity contribution is 6.02. The summed E-state index contributed by atoms with van der Waals surface area (Å²) in [5, 5.41) is 0. The quantitative estimate of drug-likeness (QED) is 0.471. The van der Waals surface area contributed by atoms with Gasteiger partial charge in [0.1, 0.15) is 0 Å². The molecule has 4 rings (SSSR count). The van der Waals surface area contributed by atoms with Crippen LogP contribution in [0.3, 0.4) is 0 Å². The summed E-state index contributed by atoms with van der Waals surface area (Å²) in [6, 6.07) is 6.47. The molecule has 1 saturated carbocycles. The highest BCUT2D eigenvalue weighted by atomic mass is 16.5. The Bertz CT molecular complexity index is 801. The van der Waals surface area contributed by atoms with Gasteiger partial charge >= 0.3 is 11.9 Å². The number of carbonyl (C=O) groups is 2. The van der Waals surface area contributed by atoms with E-state index in [0.717, 1.165) is 5.57 Å². The molecule has 3 aliphatic rings. The van der Waals surface area contributed by atoms with Crippen molar-refractivity contribution in [3.8, 4) is 0 Å². The standard InChI is InChI=1S/C21H22O4/c1-12-7-8-15-13(9-12)10-14-11-21(19(22)24-2,20(23)25-3)17-6-4-5-16(15)18(14)17/h4-5,7-10,16-18H,6,11H2,1-3H3/t16-,17-,18+/m1/s1. The van der Waals surface area contributed by atoms with Crippen molar-refractivity contribution in [2.45, 2.75) is 25.7 Å². The van der Waals surface area contributed by atoms with Gasteiger partial charge in [0.25, 0.3) is 0 Å². The lowest BCUT2D eigenvalue weighted by atomic mass is 9.65. The maximum atomic E-state index is 12.7. The fraction of sp³-hybridized carbons (Fsp3) is 0.429. The van der Waals surface area contributed by atoms with Crippen LogP contribution >= 0.6 is 0 Å². The molecule has 0 amide bonds. The molecule has 0 unspecified atom stereocenters. The van der Waals surface area contributed by atoms with E-state index in [-0.39, 0.29) is 17.8 Å². The van der Waals surface area contributed by atoms with Crippen molar-refractivity contribution < 1.29 is 19.1 Å². The van der Waals surface area contributed by atoms with Crippen molar-refractivity contribution in [3.63, 3.8) is 0 Å². The second-order valence-electron chi connectivity index (χ2n) is 7.30. The van der Waals surface area contributed by atoms with Gasteiger partial charge in [-0.25, -0.2) is 0 Å². The molecule has 1 aromatic carbocycles. The number of allylic oxidation sites excluding steroid dienone is 3. The van der Waals surface area contributed by atoms with E-state index in [2.05, 4.69) is 43.4 Å². The van der Waals surface area contributed by atoms with E-state index < -0.39 is 17.4 Å². The third-order valence-corrected chi connectivity index (χ3v) is 6.14. The molecule has 0 aromatic heterocycles. The van der Waals surface area contributed by atoms with Crippen LogP contribution in [0.25, 0.3) is 6.08 Å². The zero-order valence-corrected chi connectivity index (χ0v) is 14.7. The summed E-state index contributed by atoms with van der Waals surface area (Å²) in [6.07, 6.45) is 7.57. The molecule has 3 atom stereocenters. The molecule has 0 heterocycles. The molecular formula is C21H22O4. The highest BCUT2D eigenvalue weighted by Gasteiger charge is 2.64. The zero-order chi connectivity index (χ0) is 17.8. The van der Waals surface area contributed by atoms with Crippen molar-refractivity contribution in [1.29, 1.82) is 0 Å². The molecule has 0 spiro atoms. The van der Waals surface area contributed by atoms with Crippen molar-refractivity contribution in [3.05, 3.63) is 52.6 Å². The van der Waals surface area contributed by atoms with Gasteiger partial charge in [0, 0.05) is 5.92 Å². The summed E-state index contributed by atoms with van der Waals surface area (Å²) in [4.78, 5) is 25.5. The van der Waals surface area contributed by atoms with Crippen molar-refractivity contribution >= 4 is 18.0 Å². The molecule has 4 heteroatoms. The van der Waals surface area contributed by atoms with E-state index in [1.165, 1.54) is 30.9 Å². The predicted molar refractivity (Wildman–Crippen MR) is 93.7 cm³/mol. The number of carbonyl (C=O) groups excluding carboxylic acids is 2. The predicted octanol–water partition coefficient (Wildman–Crippen LogP) is 3.40. The Balaban J connectivity index is 1.90. The van der Waals surface area contributed by atoms with Gasteiger partial charge in [-0.2, -0.15) is 0 Å². The normalized spacial score (nSPS) is 27.8. The van der Waals surface area contributed by atoms with Crippen molar-refractivity contribution in [2.75, 3.05) is 14.2 Å². The molecule has 0 radical (unpaired) electrons. The van der Waals surface area contributed by atoms with Crippen LogP contribution in [-0.2, 0) is 19.1 Å². The lowest BCUT2D eigenvalue weighted by molar-refractivity contribution is -0.172. The lowest BCUT2D eigenvalue weighted by Crippen LogP contribution is -2.46. The van der Waals surface area contributed by atoms with Gasteiger partial charge in [-0.3, -0.25) is 9.59 Å². The van der Waals surface area contributed by atoms with Gasteiger partial charge < -0.3 is 9.47 Å². The third-order valence-electron chi connectivity index (χ3n) is 6.14. The van der Waals surface area contributed by atoms with E-state index >= 15 is 0 Å². The van der Waals surface area contributed by atoms with Crippen LogP contribution in [0, 0.1) is 24.2 Å². The number of fused-ring (bicyclic) bond motifs is 2. The third kappa shape index (κ3) is 2.06. The van der Waals surface area contributed by atoms with Crippen LogP contribution in [-0.4, -0.2) is 26.2 Å². The van der Waals surface area contributed by atoms with Gasteiger partial charge in [-0.05, 0) is 42.7 Å². The number of methoxy groups -OCH3 is 2. The van der Waals surface area contributed by atoms with Crippen molar-refractivity contribution in [2.24, 2.45) is 17.3 Å². The first kappa shape index (κ1) is 16.1. The van der Waals surface area contributed by atoms with Gasteiger partial charge in [0.15, 0.2) is 5.41 Å². The molecule has 0 aliphatic heterocycles. The average molecular weight is 338 g/mol. The van der Waals surface area contributed by atoms with Crippen LogP contribution in [0.1, 0.15) is 35.4 Å². The number of hydrogen-bond donors (Lipinski definition) is 0. The summed E-state index contributed by atoms with van der Waals surface area (Å²) in [6.45, 7) is 2.08. The Kier molecular flexibility index (Phi) is 3.60. The molecule has 1 fully saturated rings. The van der Waals surface area contributed by atoms with Gasteiger partial charge in [0.05, 0.1) is 14.2 Å².